The number of hydrogen-bond acceptors (Lipinski definition) is 3. The highest BCUT2D eigenvalue weighted by Crippen LogP contribution is 2.10. The van der Waals surface area contributed by atoms with Crippen LogP contribution in [0.5, 0.6) is 0 Å². The van der Waals surface area contributed by atoms with E-state index in [1.165, 1.54) is 5.56 Å². The Morgan fingerprint density at radius 2 is 2.07 bits per heavy atom. The highest BCUT2D eigenvalue weighted by molar-refractivity contribution is 14.0. The van der Waals surface area contributed by atoms with Gasteiger partial charge in [-0.25, -0.2) is 0 Å². The summed E-state index contributed by atoms with van der Waals surface area (Å²) in [4.78, 5) is 20.4. The maximum Gasteiger partial charge on any atom is 0.222 e. The number of benzene rings is 1. The Labute approximate surface area is 187 Å². The van der Waals surface area contributed by atoms with Gasteiger partial charge in [-0.05, 0) is 32.4 Å². The van der Waals surface area contributed by atoms with Gasteiger partial charge in [0.05, 0.1) is 0 Å². The molecule has 0 spiro atoms. The Kier molecular flexibility index (Phi) is 11.4. The summed E-state index contributed by atoms with van der Waals surface area (Å²) in [5, 5.41) is 6.86. The Morgan fingerprint density at radius 1 is 1.36 bits per heavy atom. The van der Waals surface area contributed by atoms with Gasteiger partial charge in [0, 0.05) is 51.7 Å². The van der Waals surface area contributed by atoms with Crippen molar-refractivity contribution in [2.75, 3.05) is 33.7 Å². The van der Waals surface area contributed by atoms with E-state index in [4.69, 9.17) is 0 Å². The number of hydrogen-bond donors (Lipinski definition) is 2. The third-order valence-electron chi connectivity index (χ3n) is 5.29. The van der Waals surface area contributed by atoms with Crippen LogP contribution in [0.15, 0.2) is 35.3 Å². The molecule has 1 aliphatic heterocycles. The van der Waals surface area contributed by atoms with Crippen LogP contribution < -0.4 is 10.6 Å². The van der Waals surface area contributed by atoms with Crippen LogP contribution in [0, 0.1) is 0 Å². The van der Waals surface area contributed by atoms with Crippen molar-refractivity contribution in [3.63, 3.8) is 0 Å². The van der Waals surface area contributed by atoms with Gasteiger partial charge in [-0.2, -0.15) is 0 Å². The molecule has 2 rings (SSSR count). The highest BCUT2D eigenvalue weighted by atomic mass is 127. The molecular weight excluding hydrogens is 465 g/mol. The Morgan fingerprint density at radius 3 is 2.71 bits per heavy atom. The van der Waals surface area contributed by atoms with Crippen LogP contribution in [-0.4, -0.2) is 67.5 Å². The van der Waals surface area contributed by atoms with Gasteiger partial charge in [0.1, 0.15) is 0 Å². The lowest BCUT2D eigenvalue weighted by molar-refractivity contribution is -0.129. The summed E-state index contributed by atoms with van der Waals surface area (Å²) in [7, 11) is 3.97. The summed E-state index contributed by atoms with van der Waals surface area (Å²) < 4.78 is 0. The molecule has 6 nitrogen and oxygen atoms in total. The van der Waals surface area contributed by atoms with E-state index < -0.39 is 0 Å². The normalized spacial score (nSPS) is 18.0. The predicted molar refractivity (Wildman–Crippen MR) is 127 cm³/mol. The molecule has 2 unspecified atom stereocenters. The quantitative estimate of drug-likeness (QED) is 0.327. The molecule has 28 heavy (non-hydrogen) atoms. The Balaban J connectivity index is 0.00000392. The van der Waals surface area contributed by atoms with Crippen molar-refractivity contribution >= 4 is 35.8 Å². The fourth-order valence-corrected chi connectivity index (χ4v) is 3.36. The van der Waals surface area contributed by atoms with E-state index in [2.05, 4.69) is 64.8 Å². The van der Waals surface area contributed by atoms with E-state index in [0.717, 1.165) is 45.0 Å². The first-order chi connectivity index (χ1) is 13.0. The summed E-state index contributed by atoms with van der Waals surface area (Å²) in [5.41, 5.74) is 1.34. The number of halogens is 1. The van der Waals surface area contributed by atoms with E-state index in [1.54, 1.807) is 7.05 Å². The van der Waals surface area contributed by atoms with Gasteiger partial charge in [-0.15, -0.1) is 24.0 Å². The number of guanidine groups is 1. The van der Waals surface area contributed by atoms with Gasteiger partial charge in [0.25, 0.3) is 0 Å². The molecule has 1 amide bonds. The molecule has 1 fully saturated rings. The number of carbonyl (C=O) groups excluding carboxylic acids is 1. The molecule has 1 aliphatic rings. The average Bonchev–Trinajstić information content (AvgIpc) is 3.15. The molecule has 0 bridgehead atoms. The fraction of sp³-hybridized carbons (Fsp3) is 0.619. The molecule has 0 saturated carbocycles. The van der Waals surface area contributed by atoms with Crippen molar-refractivity contribution in [1.29, 1.82) is 0 Å². The summed E-state index contributed by atoms with van der Waals surface area (Å²) >= 11 is 0. The molecule has 1 aromatic rings. The summed E-state index contributed by atoms with van der Waals surface area (Å²) in [6.45, 7) is 7.60. The molecule has 1 heterocycles. The Bertz CT molecular complexity index is 610. The molecule has 2 atom stereocenters. The lowest BCUT2D eigenvalue weighted by Gasteiger charge is -2.25. The van der Waals surface area contributed by atoms with Crippen LogP contribution in [0.2, 0.25) is 0 Å². The van der Waals surface area contributed by atoms with Gasteiger partial charge in [0.2, 0.25) is 5.91 Å². The van der Waals surface area contributed by atoms with Crippen molar-refractivity contribution in [1.82, 2.24) is 20.4 Å². The van der Waals surface area contributed by atoms with Crippen LogP contribution in [0.25, 0.3) is 0 Å². The summed E-state index contributed by atoms with van der Waals surface area (Å²) in [5.74, 6) is 1.06. The molecule has 0 aliphatic carbocycles. The largest absolute Gasteiger partial charge is 0.356 e. The third kappa shape index (κ3) is 7.95. The third-order valence-corrected chi connectivity index (χ3v) is 5.29. The monoisotopic (exact) mass is 501 g/mol. The smallest absolute Gasteiger partial charge is 0.222 e. The zero-order chi connectivity index (χ0) is 19.6. The number of nitrogens with one attached hydrogen (secondary N) is 2. The highest BCUT2D eigenvalue weighted by Gasteiger charge is 2.25. The van der Waals surface area contributed by atoms with E-state index >= 15 is 0 Å². The van der Waals surface area contributed by atoms with Crippen LogP contribution >= 0.6 is 24.0 Å². The second-order valence-electron chi connectivity index (χ2n) is 7.36. The van der Waals surface area contributed by atoms with Crippen LogP contribution in [-0.2, 0) is 11.3 Å². The van der Waals surface area contributed by atoms with Crippen LogP contribution in [0.3, 0.4) is 0 Å². The van der Waals surface area contributed by atoms with Gasteiger partial charge in [-0.1, -0.05) is 37.3 Å². The van der Waals surface area contributed by atoms with Gasteiger partial charge < -0.3 is 15.5 Å². The molecule has 2 N–H and O–H groups in total. The number of aliphatic imine (C=N–C) groups is 1. The van der Waals surface area contributed by atoms with Crippen molar-refractivity contribution in [3.8, 4) is 0 Å². The maximum absolute atomic E-state index is 11.8. The van der Waals surface area contributed by atoms with Crippen molar-refractivity contribution in [3.05, 3.63) is 35.9 Å². The van der Waals surface area contributed by atoms with Gasteiger partial charge in [-0.3, -0.25) is 14.7 Å². The standard InChI is InChI=1S/C21H35N5O.HI/c1-5-20(27)26-14-12-19(16-26)24-21(22-3)23-13-11-17(2)25(4)15-18-9-7-6-8-10-18;/h6-10,17,19H,5,11-16H2,1-4H3,(H2,22,23,24);1H. The number of likely N-dealkylation sites (tertiary alicyclic amines) is 1. The molecule has 1 saturated heterocycles. The first kappa shape index (κ1) is 24.7. The van der Waals surface area contributed by atoms with Gasteiger partial charge in [0.15, 0.2) is 5.96 Å². The van der Waals surface area contributed by atoms with Crippen molar-refractivity contribution in [2.45, 2.75) is 51.7 Å². The van der Waals surface area contributed by atoms with Crippen LogP contribution in [0.1, 0.15) is 38.7 Å². The van der Waals surface area contributed by atoms with Crippen LogP contribution in [0.4, 0.5) is 0 Å². The minimum atomic E-state index is 0. The molecule has 0 aromatic heterocycles. The van der Waals surface area contributed by atoms with Crippen molar-refractivity contribution in [2.24, 2.45) is 4.99 Å². The van der Waals surface area contributed by atoms with E-state index in [9.17, 15) is 4.79 Å². The number of nitrogens with zero attached hydrogens (tertiary/aromatic N) is 3. The van der Waals surface area contributed by atoms with Gasteiger partial charge >= 0.3 is 0 Å². The van der Waals surface area contributed by atoms with E-state index in [1.807, 2.05) is 11.8 Å². The maximum atomic E-state index is 11.8. The lowest BCUT2D eigenvalue weighted by atomic mass is 10.1. The molecule has 158 valence electrons. The topological polar surface area (TPSA) is 60.0 Å². The minimum Gasteiger partial charge on any atom is -0.356 e. The predicted octanol–water partition coefficient (Wildman–Crippen LogP) is 2.69. The zero-order valence-corrected chi connectivity index (χ0v) is 20.0. The van der Waals surface area contributed by atoms with E-state index in [0.29, 0.717) is 12.5 Å². The summed E-state index contributed by atoms with van der Waals surface area (Å²) in [6.07, 6.45) is 2.59. The zero-order valence-electron chi connectivity index (χ0n) is 17.6. The molecular formula is C21H36IN5O. The Hall–Kier alpha value is -1.35. The number of rotatable bonds is 8. The van der Waals surface area contributed by atoms with E-state index in [-0.39, 0.29) is 35.9 Å². The second kappa shape index (κ2) is 13.0. The molecule has 0 radical (unpaired) electrons. The first-order valence-electron chi connectivity index (χ1n) is 10.0. The SMILES string of the molecule is CCC(=O)N1CCC(NC(=NC)NCCC(C)N(C)Cc2ccccc2)C1.I. The fourth-order valence-electron chi connectivity index (χ4n) is 3.36. The number of carbonyl (C=O) groups is 1. The molecule has 1 aromatic carbocycles. The average molecular weight is 501 g/mol. The summed E-state index contributed by atoms with van der Waals surface area (Å²) in [6, 6.07) is 11.3. The lowest BCUT2D eigenvalue weighted by Crippen LogP contribution is -2.46. The number of amides is 1. The second-order valence-corrected chi connectivity index (χ2v) is 7.36. The minimum absolute atomic E-state index is 0. The first-order valence-corrected chi connectivity index (χ1v) is 10.0. The molecule has 7 heteroatoms. The van der Waals surface area contributed by atoms with Crippen molar-refractivity contribution < 1.29 is 4.79 Å².